The molecule has 0 aromatic heterocycles. The standard InChI is InChI=1S/C14H25N3O2S/c1-4-12(2)17(3)10-9-16-20(18,19)11-13-7-5-6-8-14(13)15/h5-8,12,16H,4,9-11,15H2,1-3H3. The van der Waals surface area contributed by atoms with Gasteiger partial charge in [-0.25, -0.2) is 13.1 Å². The molecule has 1 rings (SSSR count). The van der Waals surface area contributed by atoms with E-state index in [-0.39, 0.29) is 5.75 Å². The number of nitrogens with one attached hydrogen (secondary N) is 1. The fourth-order valence-corrected chi connectivity index (χ4v) is 3.01. The Kier molecular flexibility index (Phi) is 6.45. The fourth-order valence-electron chi connectivity index (χ4n) is 1.83. The summed E-state index contributed by atoms with van der Waals surface area (Å²) >= 11 is 0. The molecule has 0 amide bonds. The monoisotopic (exact) mass is 299 g/mol. The van der Waals surface area contributed by atoms with Gasteiger partial charge < -0.3 is 10.6 Å². The molecule has 0 saturated carbocycles. The number of nitrogen functional groups attached to an aromatic ring is 1. The number of hydrogen-bond acceptors (Lipinski definition) is 4. The van der Waals surface area contributed by atoms with E-state index in [1.807, 2.05) is 7.05 Å². The topological polar surface area (TPSA) is 75.4 Å². The van der Waals surface area contributed by atoms with Crippen LogP contribution in [0.15, 0.2) is 24.3 Å². The number of para-hydroxylation sites is 1. The molecule has 0 fully saturated rings. The lowest BCUT2D eigenvalue weighted by Gasteiger charge is -2.23. The van der Waals surface area contributed by atoms with Gasteiger partial charge in [-0.05, 0) is 32.0 Å². The maximum atomic E-state index is 12.0. The van der Waals surface area contributed by atoms with Gasteiger partial charge in [0.15, 0.2) is 0 Å². The van der Waals surface area contributed by atoms with Crippen molar-refractivity contribution in [2.24, 2.45) is 0 Å². The Labute approximate surface area is 122 Å². The third-order valence-corrected chi connectivity index (χ3v) is 4.87. The lowest BCUT2D eigenvalue weighted by molar-refractivity contribution is 0.256. The van der Waals surface area contributed by atoms with Crippen LogP contribution >= 0.6 is 0 Å². The maximum absolute atomic E-state index is 12.0. The Bertz CT molecular complexity index is 517. The molecule has 0 heterocycles. The Balaban J connectivity index is 2.49. The van der Waals surface area contributed by atoms with Gasteiger partial charge in [0.25, 0.3) is 0 Å². The molecule has 0 saturated heterocycles. The van der Waals surface area contributed by atoms with E-state index in [0.717, 1.165) is 6.42 Å². The van der Waals surface area contributed by atoms with Crippen molar-refractivity contribution in [1.29, 1.82) is 0 Å². The predicted octanol–water partition coefficient (Wildman–Crippen LogP) is 1.42. The van der Waals surface area contributed by atoms with E-state index in [1.54, 1.807) is 24.3 Å². The average molecular weight is 299 g/mol. The number of benzene rings is 1. The highest BCUT2D eigenvalue weighted by Crippen LogP contribution is 2.13. The summed E-state index contributed by atoms with van der Waals surface area (Å²) in [5.74, 6) is -0.0767. The van der Waals surface area contributed by atoms with E-state index in [9.17, 15) is 8.42 Å². The van der Waals surface area contributed by atoms with E-state index in [2.05, 4.69) is 23.5 Å². The van der Waals surface area contributed by atoms with E-state index in [1.165, 1.54) is 0 Å². The van der Waals surface area contributed by atoms with E-state index < -0.39 is 10.0 Å². The molecule has 1 aromatic carbocycles. The van der Waals surface area contributed by atoms with Crippen molar-refractivity contribution in [3.05, 3.63) is 29.8 Å². The van der Waals surface area contributed by atoms with Gasteiger partial charge in [-0.2, -0.15) is 0 Å². The highest BCUT2D eigenvalue weighted by atomic mass is 32.2. The minimum Gasteiger partial charge on any atom is -0.398 e. The first-order chi connectivity index (χ1) is 9.35. The number of nitrogens with zero attached hydrogens (tertiary/aromatic N) is 1. The van der Waals surface area contributed by atoms with Crippen molar-refractivity contribution >= 4 is 15.7 Å². The zero-order valence-electron chi connectivity index (χ0n) is 12.5. The second-order valence-corrected chi connectivity index (χ2v) is 6.90. The van der Waals surface area contributed by atoms with Gasteiger partial charge in [0.2, 0.25) is 10.0 Å². The van der Waals surface area contributed by atoms with Crippen LogP contribution in [0.2, 0.25) is 0 Å². The summed E-state index contributed by atoms with van der Waals surface area (Å²) in [4.78, 5) is 2.14. The molecule has 5 nitrogen and oxygen atoms in total. The third-order valence-electron chi connectivity index (χ3n) is 3.53. The van der Waals surface area contributed by atoms with E-state index in [4.69, 9.17) is 5.73 Å². The second-order valence-electron chi connectivity index (χ2n) is 5.09. The number of sulfonamides is 1. The van der Waals surface area contributed by atoms with Crippen LogP contribution in [0.1, 0.15) is 25.8 Å². The summed E-state index contributed by atoms with van der Waals surface area (Å²) in [6.45, 7) is 5.34. The first-order valence-electron chi connectivity index (χ1n) is 6.86. The van der Waals surface area contributed by atoms with Crippen molar-refractivity contribution in [1.82, 2.24) is 9.62 Å². The van der Waals surface area contributed by atoms with Crippen molar-refractivity contribution in [2.75, 3.05) is 25.9 Å². The Morgan fingerprint density at radius 2 is 2.00 bits per heavy atom. The molecule has 0 aliphatic rings. The van der Waals surface area contributed by atoms with Crippen LogP contribution < -0.4 is 10.5 Å². The number of likely N-dealkylation sites (N-methyl/N-ethyl adjacent to an activating group) is 1. The molecule has 0 spiro atoms. The highest BCUT2D eigenvalue weighted by molar-refractivity contribution is 7.88. The minimum absolute atomic E-state index is 0.0767. The van der Waals surface area contributed by atoms with Gasteiger partial charge >= 0.3 is 0 Å². The molecule has 114 valence electrons. The highest BCUT2D eigenvalue weighted by Gasteiger charge is 2.14. The van der Waals surface area contributed by atoms with Crippen LogP contribution in [0.25, 0.3) is 0 Å². The van der Waals surface area contributed by atoms with Crippen molar-refractivity contribution in [2.45, 2.75) is 32.1 Å². The van der Waals surface area contributed by atoms with Gasteiger partial charge in [-0.15, -0.1) is 0 Å². The lowest BCUT2D eigenvalue weighted by Crippen LogP contribution is -2.37. The third kappa shape index (κ3) is 5.48. The fraction of sp³-hybridized carbons (Fsp3) is 0.571. The molecule has 3 N–H and O–H groups in total. The molecule has 0 radical (unpaired) electrons. The lowest BCUT2D eigenvalue weighted by atomic mass is 10.2. The van der Waals surface area contributed by atoms with Crippen molar-refractivity contribution in [3.8, 4) is 0 Å². The van der Waals surface area contributed by atoms with Crippen LogP contribution in [0.4, 0.5) is 5.69 Å². The van der Waals surface area contributed by atoms with Gasteiger partial charge in [-0.3, -0.25) is 0 Å². The molecule has 20 heavy (non-hydrogen) atoms. The van der Waals surface area contributed by atoms with Crippen LogP contribution in [-0.4, -0.2) is 39.5 Å². The first kappa shape index (κ1) is 16.9. The molecule has 1 unspecified atom stereocenters. The Morgan fingerprint density at radius 3 is 2.60 bits per heavy atom. The summed E-state index contributed by atoms with van der Waals surface area (Å²) in [6.07, 6.45) is 1.05. The average Bonchev–Trinajstić information content (AvgIpc) is 2.40. The molecular formula is C14H25N3O2S. The van der Waals surface area contributed by atoms with E-state index >= 15 is 0 Å². The zero-order chi connectivity index (χ0) is 15.2. The zero-order valence-corrected chi connectivity index (χ0v) is 13.3. The summed E-state index contributed by atoms with van der Waals surface area (Å²) < 4.78 is 26.6. The number of nitrogens with two attached hydrogens (primary N) is 1. The molecular weight excluding hydrogens is 274 g/mol. The van der Waals surface area contributed by atoms with Crippen LogP contribution in [0.5, 0.6) is 0 Å². The normalized spacial score (nSPS) is 13.6. The molecule has 0 bridgehead atoms. The molecule has 6 heteroatoms. The predicted molar refractivity (Wildman–Crippen MR) is 83.9 cm³/mol. The van der Waals surface area contributed by atoms with Crippen molar-refractivity contribution < 1.29 is 8.42 Å². The first-order valence-corrected chi connectivity index (χ1v) is 8.52. The summed E-state index contributed by atoms with van der Waals surface area (Å²) in [5, 5.41) is 0. The summed E-state index contributed by atoms with van der Waals surface area (Å²) in [7, 11) is -1.34. The van der Waals surface area contributed by atoms with Crippen LogP contribution in [0.3, 0.4) is 0 Å². The largest absolute Gasteiger partial charge is 0.398 e. The molecule has 0 aliphatic carbocycles. The molecule has 1 aromatic rings. The SMILES string of the molecule is CCC(C)N(C)CCNS(=O)(=O)Cc1ccccc1N. The maximum Gasteiger partial charge on any atom is 0.215 e. The number of anilines is 1. The number of rotatable bonds is 8. The molecule has 1 atom stereocenters. The summed E-state index contributed by atoms with van der Waals surface area (Å²) in [6, 6.07) is 7.48. The second kappa shape index (κ2) is 7.61. The van der Waals surface area contributed by atoms with Gasteiger partial charge in [0, 0.05) is 24.8 Å². The van der Waals surface area contributed by atoms with Crippen molar-refractivity contribution in [3.63, 3.8) is 0 Å². The van der Waals surface area contributed by atoms with Gasteiger partial charge in [0.05, 0.1) is 5.75 Å². The van der Waals surface area contributed by atoms with E-state index in [0.29, 0.717) is 30.4 Å². The van der Waals surface area contributed by atoms with Crippen LogP contribution in [0, 0.1) is 0 Å². The van der Waals surface area contributed by atoms with Crippen LogP contribution in [-0.2, 0) is 15.8 Å². The quantitative estimate of drug-likeness (QED) is 0.712. The van der Waals surface area contributed by atoms with Gasteiger partial charge in [0.1, 0.15) is 0 Å². The Morgan fingerprint density at radius 1 is 1.35 bits per heavy atom. The molecule has 0 aliphatic heterocycles. The smallest absolute Gasteiger partial charge is 0.215 e. The Hall–Kier alpha value is -1.11. The summed E-state index contributed by atoms with van der Waals surface area (Å²) in [5.41, 5.74) is 6.91. The number of hydrogen-bond donors (Lipinski definition) is 2. The van der Waals surface area contributed by atoms with Gasteiger partial charge in [-0.1, -0.05) is 25.1 Å². The minimum atomic E-state index is -3.34.